The van der Waals surface area contributed by atoms with Crippen molar-refractivity contribution in [3.63, 3.8) is 0 Å². The summed E-state index contributed by atoms with van der Waals surface area (Å²) in [5.41, 5.74) is 7.88. The molecule has 0 bridgehead atoms. The minimum absolute atomic E-state index is 0.0805. The van der Waals surface area contributed by atoms with E-state index in [0.717, 1.165) is 24.9 Å². The number of hydrogen-bond donors (Lipinski definition) is 3. The Morgan fingerprint density at radius 1 is 1.27 bits per heavy atom. The van der Waals surface area contributed by atoms with E-state index in [1.807, 2.05) is 23.1 Å². The Hall–Kier alpha value is -3.72. The quantitative estimate of drug-likeness (QED) is 0.427. The van der Waals surface area contributed by atoms with Crippen LogP contribution in [-0.2, 0) is 11.3 Å². The number of aromatic nitrogens is 1. The van der Waals surface area contributed by atoms with E-state index in [-0.39, 0.29) is 23.5 Å². The number of primary amides is 1. The van der Waals surface area contributed by atoms with Crippen LogP contribution in [0.1, 0.15) is 28.8 Å². The van der Waals surface area contributed by atoms with Gasteiger partial charge in [-0.2, -0.15) is 0 Å². The first-order valence-corrected chi connectivity index (χ1v) is 9.62. The number of para-hydroxylation sites is 1. The van der Waals surface area contributed by atoms with Gasteiger partial charge in [-0.25, -0.2) is 0 Å². The Labute approximate surface area is 172 Å². The molecule has 2 heterocycles. The van der Waals surface area contributed by atoms with Gasteiger partial charge in [-0.05, 0) is 37.1 Å². The number of nitro benzene ring substituents is 1. The van der Waals surface area contributed by atoms with Gasteiger partial charge < -0.3 is 16.0 Å². The number of nitro groups is 1. The molecule has 1 aliphatic rings. The van der Waals surface area contributed by atoms with E-state index in [1.165, 1.54) is 18.3 Å². The first-order chi connectivity index (χ1) is 14.4. The lowest BCUT2D eigenvalue weighted by atomic mass is 10.1. The van der Waals surface area contributed by atoms with Gasteiger partial charge in [0.05, 0.1) is 16.5 Å². The maximum atomic E-state index is 12.9. The molecule has 9 nitrogen and oxygen atoms in total. The van der Waals surface area contributed by atoms with Crippen molar-refractivity contribution in [3.8, 4) is 0 Å². The van der Waals surface area contributed by atoms with Crippen LogP contribution in [0.2, 0.25) is 0 Å². The van der Waals surface area contributed by atoms with Crippen LogP contribution in [0.5, 0.6) is 0 Å². The molecule has 0 aliphatic carbocycles. The number of rotatable bonds is 6. The maximum absolute atomic E-state index is 12.9. The van der Waals surface area contributed by atoms with Crippen LogP contribution >= 0.6 is 0 Å². The molecule has 30 heavy (non-hydrogen) atoms. The number of aromatic amines is 1. The molecule has 4 rings (SSSR count). The summed E-state index contributed by atoms with van der Waals surface area (Å²) in [7, 11) is 0. The van der Waals surface area contributed by atoms with Gasteiger partial charge in [0, 0.05) is 41.5 Å². The summed E-state index contributed by atoms with van der Waals surface area (Å²) < 4.78 is 0. The second-order valence-corrected chi connectivity index (χ2v) is 7.33. The molecular formula is C21H21N5O4. The van der Waals surface area contributed by atoms with Gasteiger partial charge in [-0.1, -0.05) is 18.2 Å². The number of benzene rings is 2. The fraction of sp³-hybridized carbons (Fsp3) is 0.238. The van der Waals surface area contributed by atoms with E-state index in [1.54, 1.807) is 12.1 Å². The smallest absolute Gasteiger partial charge is 0.270 e. The number of amides is 2. The van der Waals surface area contributed by atoms with Crippen molar-refractivity contribution in [2.75, 3.05) is 11.9 Å². The van der Waals surface area contributed by atoms with Crippen molar-refractivity contribution in [2.45, 2.75) is 25.4 Å². The molecule has 0 radical (unpaired) electrons. The molecule has 1 saturated heterocycles. The third-order valence-corrected chi connectivity index (χ3v) is 5.45. The molecule has 1 aliphatic heterocycles. The van der Waals surface area contributed by atoms with Gasteiger partial charge in [-0.15, -0.1) is 0 Å². The molecule has 154 valence electrons. The third kappa shape index (κ3) is 3.74. The summed E-state index contributed by atoms with van der Waals surface area (Å²) in [4.78, 5) is 40.2. The Kier molecular flexibility index (Phi) is 5.20. The maximum Gasteiger partial charge on any atom is 0.270 e. The van der Waals surface area contributed by atoms with Crippen molar-refractivity contribution in [1.82, 2.24) is 9.88 Å². The topological polar surface area (TPSA) is 134 Å². The fourth-order valence-electron chi connectivity index (χ4n) is 3.94. The standard InChI is InChI=1S/C21H21N5O4/c22-20(27)19-6-3-9-25(19)12-13-4-1-2-5-17(13)24-21(28)16-11-23-18-8-7-14(26(29)30)10-15(16)18/h1-2,4-5,7-8,10-11,19,23H,3,6,9,12H2,(H2,22,27)(H,24,28). The molecule has 0 spiro atoms. The zero-order chi connectivity index (χ0) is 21.3. The molecule has 9 heteroatoms. The van der Waals surface area contributed by atoms with Crippen LogP contribution in [0.4, 0.5) is 11.4 Å². The van der Waals surface area contributed by atoms with Crippen LogP contribution in [0.3, 0.4) is 0 Å². The summed E-state index contributed by atoms with van der Waals surface area (Å²) in [6, 6.07) is 11.4. The number of carbonyl (C=O) groups excluding carboxylic acids is 2. The zero-order valence-corrected chi connectivity index (χ0v) is 16.1. The molecule has 3 aromatic rings. The molecule has 2 amide bonds. The molecule has 1 unspecified atom stereocenters. The predicted octanol–water partition coefficient (Wildman–Crippen LogP) is 2.78. The summed E-state index contributed by atoms with van der Waals surface area (Å²) in [5, 5.41) is 14.5. The summed E-state index contributed by atoms with van der Waals surface area (Å²) in [5.74, 6) is -0.712. The Morgan fingerprint density at radius 3 is 2.83 bits per heavy atom. The second kappa shape index (κ2) is 7.96. The van der Waals surface area contributed by atoms with E-state index in [4.69, 9.17) is 5.73 Å². The largest absolute Gasteiger partial charge is 0.368 e. The van der Waals surface area contributed by atoms with E-state index in [9.17, 15) is 19.7 Å². The van der Waals surface area contributed by atoms with Gasteiger partial charge in [0.1, 0.15) is 0 Å². The van der Waals surface area contributed by atoms with E-state index in [2.05, 4.69) is 10.3 Å². The number of likely N-dealkylation sites (tertiary alicyclic amines) is 1. The Balaban J connectivity index is 1.59. The predicted molar refractivity (Wildman–Crippen MR) is 112 cm³/mol. The number of nitrogens with two attached hydrogens (primary N) is 1. The van der Waals surface area contributed by atoms with E-state index < -0.39 is 4.92 Å². The van der Waals surface area contributed by atoms with Crippen molar-refractivity contribution >= 4 is 34.1 Å². The summed E-state index contributed by atoms with van der Waals surface area (Å²) in [6.07, 6.45) is 3.17. The van der Waals surface area contributed by atoms with Gasteiger partial charge in [0.2, 0.25) is 5.91 Å². The number of carbonyl (C=O) groups is 2. The van der Waals surface area contributed by atoms with Gasteiger partial charge in [0.25, 0.3) is 11.6 Å². The lowest BCUT2D eigenvalue weighted by Gasteiger charge is -2.23. The molecule has 1 atom stereocenters. The molecular weight excluding hydrogens is 386 g/mol. The number of hydrogen-bond acceptors (Lipinski definition) is 5. The minimum atomic E-state index is -0.491. The molecule has 2 aromatic carbocycles. The Bertz CT molecular complexity index is 1140. The minimum Gasteiger partial charge on any atom is -0.368 e. The average Bonchev–Trinajstić information content (AvgIpc) is 3.35. The highest BCUT2D eigenvalue weighted by Crippen LogP contribution is 2.27. The van der Waals surface area contributed by atoms with Crippen molar-refractivity contribution < 1.29 is 14.5 Å². The first-order valence-electron chi connectivity index (χ1n) is 9.62. The first kappa shape index (κ1) is 19.6. The molecule has 1 fully saturated rings. The van der Waals surface area contributed by atoms with E-state index in [0.29, 0.717) is 28.7 Å². The van der Waals surface area contributed by atoms with Crippen LogP contribution in [0.15, 0.2) is 48.7 Å². The summed E-state index contributed by atoms with van der Waals surface area (Å²) in [6.45, 7) is 1.26. The van der Waals surface area contributed by atoms with Crippen molar-refractivity contribution in [3.05, 3.63) is 69.9 Å². The van der Waals surface area contributed by atoms with Crippen LogP contribution in [0, 0.1) is 10.1 Å². The lowest BCUT2D eigenvalue weighted by Crippen LogP contribution is -2.39. The molecule has 0 saturated carbocycles. The molecule has 4 N–H and O–H groups in total. The highest BCUT2D eigenvalue weighted by atomic mass is 16.6. The summed E-state index contributed by atoms with van der Waals surface area (Å²) >= 11 is 0. The number of nitrogens with zero attached hydrogens (tertiary/aromatic N) is 2. The van der Waals surface area contributed by atoms with Crippen LogP contribution in [0.25, 0.3) is 10.9 Å². The van der Waals surface area contributed by atoms with Crippen LogP contribution in [-0.4, -0.2) is 39.2 Å². The fourth-order valence-corrected chi connectivity index (χ4v) is 3.94. The third-order valence-electron chi connectivity index (χ3n) is 5.45. The Morgan fingerprint density at radius 2 is 2.07 bits per heavy atom. The number of nitrogens with one attached hydrogen (secondary N) is 2. The van der Waals surface area contributed by atoms with Gasteiger partial charge in [-0.3, -0.25) is 24.6 Å². The van der Waals surface area contributed by atoms with Gasteiger partial charge >= 0.3 is 0 Å². The monoisotopic (exact) mass is 407 g/mol. The number of non-ortho nitro benzene ring substituents is 1. The number of anilines is 1. The highest BCUT2D eigenvalue weighted by Gasteiger charge is 2.29. The lowest BCUT2D eigenvalue weighted by molar-refractivity contribution is -0.384. The number of H-pyrrole nitrogens is 1. The van der Waals surface area contributed by atoms with E-state index >= 15 is 0 Å². The zero-order valence-electron chi connectivity index (χ0n) is 16.1. The van der Waals surface area contributed by atoms with Crippen molar-refractivity contribution in [2.24, 2.45) is 5.73 Å². The average molecular weight is 407 g/mol. The van der Waals surface area contributed by atoms with Crippen LogP contribution < -0.4 is 11.1 Å². The van der Waals surface area contributed by atoms with Crippen molar-refractivity contribution in [1.29, 1.82) is 0 Å². The normalized spacial score (nSPS) is 16.6. The number of fused-ring (bicyclic) bond motifs is 1. The highest BCUT2D eigenvalue weighted by molar-refractivity contribution is 6.13. The molecule has 1 aromatic heterocycles. The van der Waals surface area contributed by atoms with Gasteiger partial charge in [0.15, 0.2) is 0 Å². The SMILES string of the molecule is NC(=O)C1CCCN1Cc1ccccc1NC(=O)c1c[nH]c2ccc([N+](=O)[O-])cc12. The second-order valence-electron chi connectivity index (χ2n) is 7.33.